The maximum Gasteiger partial charge on any atom is 0.358 e. The lowest BCUT2D eigenvalue weighted by molar-refractivity contribution is -0.384. The van der Waals surface area contributed by atoms with E-state index in [0.717, 1.165) is 23.4 Å². The maximum atomic E-state index is 12.6. The van der Waals surface area contributed by atoms with Gasteiger partial charge in [0.25, 0.3) is 5.69 Å². The van der Waals surface area contributed by atoms with Gasteiger partial charge in [-0.15, -0.1) is 0 Å². The van der Waals surface area contributed by atoms with Crippen molar-refractivity contribution in [3.63, 3.8) is 0 Å². The van der Waals surface area contributed by atoms with Crippen molar-refractivity contribution in [3.8, 4) is 11.4 Å². The fraction of sp³-hybridized carbons (Fsp3) is 0.304. The van der Waals surface area contributed by atoms with Crippen LogP contribution in [0.4, 0.5) is 11.4 Å². The largest absolute Gasteiger partial charge is 0.497 e. The van der Waals surface area contributed by atoms with E-state index in [0.29, 0.717) is 17.9 Å². The molecule has 1 fully saturated rings. The number of carbonyl (C=O) groups excluding carboxylic acids is 1. The van der Waals surface area contributed by atoms with Crippen LogP contribution in [0, 0.1) is 16.0 Å². The lowest BCUT2D eigenvalue weighted by atomic mass is 9.81. The number of nitrogens with one attached hydrogen (secondary N) is 1. The molecule has 0 aliphatic carbocycles. The summed E-state index contributed by atoms with van der Waals surface area (Å²) in [4.78, 5) is 23.1. The molecule has 0 unspecified atom stereocenters. The van der Waals surface area contributed by atoms with Crippen LogP contribution < -0.4 is 10.1 Å². The zero-order valence-electron chi connectivity index (χ0n) is 18.1. The number of methoxy groups -OCH3 is 2. The van der Waals surface area contributed by atoms with E-state index >= 15 is 0 Å². The summed E-state index contributed by atoms with van der Waals surface area (Å²) < 4.78 is 18.0. The zero-order chi connectivity index (χ0) is 23.1. The van der Waals surface area contributed by atoms with Gasteiger partial charge in [0.2, 0.25) is 0 Å². The van der Waals surface area contributed by atoms with Crippen molar-refractivity contribution < 1.29 is 23.9 Å². The van der Waals surface area contributed by atoms with Gasteiger partial charge in [0, 0.05) is 47.7 Å². The van der Waals surface area contributed by atoms with Crippen LogP contribution in [0.3, 0.4) is 0 Å². The molecule has 170 valence electrons. The topological polar surface area (TPSA) is 118 Å². The highest BCUT2D eigenvalue weighted by Crippen LogP contribution is 2.51. The number of esters is 1. The molecule has 3 aromatic rings. The number of rotatable bonds is 5. The van der Waals surface area contributed by atoms with Crippen LogP contribution in [-0.4, -0.2) is 41.5 Å². The van der Waals surface area contributed by atoms with Gasteiger partial charge in [0.15, 0.2) is 5.69 Å². The Bertz CT molecular complexity index is 1220. The van der Waals surface area contributed by atoms with Gasteiger partial charge in [-0.1, -0.05) is 0 Å². The molecular formula is C23H22N4O6. The number of hydrogen-bond acceptors (Lipinski definition) is 8. The van der Waals surface area contributed by atoms with Crippen LogP contribution in [0.5, 0.6) is 5.75 Å². The van der Waals surface area contributed by atoms with E-state index in [2.05, 4.69) is 10.4 Å². The second-order valence-corrected chi connectivity index (χ2v) is 7.96. The summed E-state index contributed by atoms with van der Waals surface area (Å²) in [6, 6.07) is 11.5. The molecular weight excluding hydrogens is 428 g/mol. The van der Waals surface area contributed by atoms with Crippen LogP contribution in [0.1, 0.15) is 40.2 Å². The Kier molecular flexibility index (Phi) is 5.21. The van der Waals surface area contributed by atoms with Crippen LogP contribution in [0.25, 0.3) is 5.69 Å². The first kappa shape index (κ1) is 21.0. The van der Waals surface area contributed by atoms with Crippen molar-refractivity contribution in [2.24, 2.45) is 5.92 Å². The summed E-state index contributed by atoms with van der Waals surface area (Å²) >= 11 is 0. The molecule has 0 radical (unpaired) electrons. The fourth-order valence-electron chi connectivity index (χ4n) is 4.62. The molecule has 1 saturated heterocycles. The van der Waals surface area contributed by atoms with E-state index in [1.807, 2.05) is 18.2 Å². The van der Waals surface area contributed by atoms with Crippen LogP contribution >= 0.6 is 0 Å². The monoisotopic (exact) mass is 450 g/mol. The Morgan fingerprint density at radius 2 is 2.00 bits per heavy atom. The minimum Gasteiger partial charge on any atom is -0.497 e. The number of benzene rings is 2. The molecule has 1 aromatic heterocycles. The Hall–Kier alpha value is -3.92. The van der Waals surface area contributed by atoms with Gasteiger partial charge in [-0.3, -0.25) is 10.1 Å². The number of non-ortho nitro benzene ring substituents is 1. The van der Waals surface area contributed by atoms with Gasteiger partial charge in [-0.2, -0.15) is 5.10 Å². The number of nitro groups is 1. The van der Waals surface area contributed by atoms with E-state index < -0.39 is 10.9 Å². The third kappa shape index (κ3) is 3.58. The number of aromatic nitrogens is 2. The Morgan fingerprint density at radius 3 is 2.70 bits per heavy atom. The van der Waals surface area contributed by atoms with Gasteiger partial charge in [-0.25, -0.2) is 9.48 Å². The normalized spacial score (nSPS) is 21.0. The highest BCUT2D eigenvalue weighted by atomic mass is 16.6. The molecule has 1 N–H and O–H groups in total. The van der Waals surface area contributed by atoms with Gasteiger partial charge in [0.1, 0.15) is 5.75 Å². The minimum absolute atomic E-state index is 0.0220. The average Bonchev–Trinajstić information content (AvgIpc) is 3.51. The summed E-state index contributed by atoms with van der Waals surface area (Å²) in [6.45, 7) is 0.605. The van der Waals surface area contributed by atoms with Gasteiger partial charge >= 0.3 is 5.97 Å². The first-order valence-corrected chi connectivity index (χ1v) is 10.5. The van der Waals surface area contributed by atoms with Crippen molar-refractivity contribution in [1.82, 2.24) is 9.78 Å². The predicted octanol–water partition coefficient (Wildman–Crippen LogP) is 3.82. The Labute approximate surface area is 189 Å². The lowest BCUT2D eigenvalue weighted by Crippen LogP contribution is -2.30. The summed E-state index contributed by atoms with van der Waals surface area (Å²) in [6.07, 6.45) is 2.44. The number of carbonyl (C=O) groups is 1. The third-order valence-corrected chi connectivity index (χ3v) is 6.22. The number of anilines is 1. The van der Waals surface area contributed by atoms with Gasteiger partial charge < -0.3 is 19.5 Å². The van der Waals surface area contributed by atoms with Crippen molar-refractivity contribution in [1.29, 1.82) is 0 Å². The molecule has 2 aliphatic rings. The predicted molar refractivity (Wildman–Crippen MR) is 118 cm³/mol. The Balaban J connectivity index is 1.57. The highest BCUT2D eigenvalue weighted by Gasteiger charge is 2.43. The Morgan fingerprint density at radius 1 is 1.21 bits per heavy atom. The summed E-state index contributed by atoms with van der Waals surface area (Å²) in [5.74, 6) is 0.274. The number of hydrogen-bond donors (Lipinski definition) is 1. The number of nitro benzene ring substituents is 1. The molecule has 10 heteroatoms. The van der Waals surface area contributed by atoms with Crippen molar-refractivity contribution >= 4 is 17.3 Å². The molecule has 3 atom stereocenters. The smallest absolute Gasteiger partial charge is 0.358 e. The summed E-state index contributed by atoms with van der Waals surface area (Å²) in [5.41, 5.74) is 3.37. The van der Waals surface area contributed by atoms with E-state index in [-0.39, 0.29) is 29.4 Å². The van der Waals surface area contributed by atoms with Crippen molar-refractivity contribution in [2.75, 3.05) is 26.1 Å². The van der Waals surface area contributed by atoms with E-state index in [1.165, 1.54) is 19.2 Å². The number of ether oxygens (including phenoxy) is 3. The number of fused-ring (bicyclic) bond motifs is 3. The quantitative estimate of drug-likeness (QED) is 0.354. The second-order valence-electron chi connectivity index (χ2n) is 7.96. The van der Waals surface area contributed by atoms with Gasteiger partial charge in [-0.05, 0) is 36.8 Å². The summed E-state index contributed by atoms with van der Waals surface area (Å²) in [7, 11) is 2.94. The second kappa shape index (κ2) is 8.21. The lowest BCUT2D eigenvalue weighted by Gasteiger charge is -2.36. The molecule has 10 nitrogen and oxygen atoms in total. The maximum absolute atomic E-state index is 12.6. The van der Waals surface area contributed by atoms with Crippen molar-refractivity contribution in [3.05, 3.63) is 75.6 Å². The van der Waals surface area contributed by atoms with Crippen LogP contribution in [0.15, 0.2) is 48.7 Å². The van der Waals surface area contributed by atoms with E-state index in [4.69, 9.17) is 14.2 Å². The third-order valence-electron chi connectivity index (χ3n) is 6.22. The molecule has 2 aliphatic heterocycles. The molecule has 3 heterocycles. The van der Waals surface area contributed by atoms with Gasteiger partial charge in [0.05, 0.1) is 37.0 Å². The van der Waals surface area contributed by atoms with Crippen LogP contribution in [-0.2, 0) is 9.47 Å². The fourth-order valence-corrected chi connectivity index (χ4v) is 4.62. The molecule has 2 aromatic carbocycles. The van der Waals surface area contributed by atoms with E-state index in [9.17, 15) is 14.9 Å². The minimum atomic E-state index is -0.552. The molecule has 5 rings (SSSR count). The molecule has 0 bridgehead atoms. The molecule has 0 saturated carbocycles. The SMILES string of the molecule is COC(=O)c1nn(-c2ccc([N+](=O)[O-])cc2)cc1[C@H]1Nc2ccc(OC)cc2[C@H]2OCC[C@@H]12. The number of nitrogens with zero attached hydrogens (tertiary/aromatic N) is 3. The average molecular weight is 450 g/mol. The summed E-state index contributed by atoms with van der Waals surface area (Å²) in [5, 5.41) is 19.0. The first-order valence-electron chi connectivity index (χ1n) is 10.5. The van der Waals surface area contributed by atoms with Crippen molar-refractivity contribution in [2.45, 2.75) is 18.6 Å². The van der Waals surface area contributed by atoms with E-state index in [1.54, 1.807) is 30.1 Å². The molecule has 0 amide bonds. The highest BCUT2D eigenvalue weighted by molar-refractivity contribution is 5.89. The zero-order valence-corrected chi connectivity index (χ0v) is 18.1. The molecule has 0 spiro atoms. The first-order chi connectivity index (χ1) is 16.0. The standard InChI is InChI=1S/C23H22N4O6/c1-31-15-7-8-19-17(11-15)22-16(9-10-33-22)20(24-19)18-12-26(25-21(18)23(28)32-2)13-3-5-14(6-4-13)27(29)30/h3-8,11-12,16,20,22,24H,9-10H2,1-2H3/t16-,20-,22-/m0/s1. The molecule has 33 heavy (non-hydrogen) atoms. The van der Waals surface area contributed by atoms with Crippen LogP contribution in [0.2, 0.25) is 0 Å².